The Morgan fingerprint density at radius 3 is 2.56 bits per heavy atom. The summed E-state index contributed by atoms with van der Waals surface area (Å²) < 4.78 is 0. The molecule has 0 aliphatic heterocycles. The van der Waals surface area contributed by atoms with Gasteiger partial charge in [-0.3, -0.25) is 0 Å². The molecule has 0 saturated heterocycles. The second kappa shape index (κ2) is 6.43. The first-order valence-corrected chi connectivity index (χ1v) is 4.11. The highest BCUT2D eigenvalue weighted by Crippen LogP contribution is 2.09. The van der Waals surface area contributed by atoms with Crippen LogP contribution in [0.1, 0.15) is 32.6 Å². The van der Waals surface area contributed by atoms with E-state index in [1.807, 2.05) is 0 Å². The Hall–Kier alpha value is 0.310. The summed E-state index contributed by atoms with van der Waals surface area (Å²) in [7, 11) is 0. The van der Waals surface area contributed by atoms with Gasteiger partial charge in [-0.15, -0.1) is 0 Å². The molecule has 0 aromatic rings. The summed E-state index contributed by atoms with van der Waals surface area (Å²) in [6, 6.07) is 0. The van der Waals surface area contributed by atoms with Crippen molar-refractivity contribution in [2.75, 3.05) is 6.61 Å². The highest BCUT2D eigenvalue weighted by Gasteiger charge is 1.99. The Morgan fingerprint density at radius 1 is 1.44 bits per heavy atom. The minimum Gasteiger partial charge on any atom is -0.396 e. The largest absolute Gasteiger partial charge is 0.396 e. The lowest BCUT2D eigenvalue weighted by molar-refractivity contribution is 0.285. The molecule has 0 rings (SSSR count). The highest BCUT2D eigenvalue weighted by molar-refractivity contribution is 7.80. The van der Waals surface area contributed by atoms with Crippen LogP contribution in [0.4, 0.5) is 0 Å². The Balaban J connectivity index is 2.95. The summed E-state index contributed by atoms with van der Waals surface area (Å²) in [6.45, 7) is 2.44. The fourth-order valence-electron chi connectivity index (χ4n) is 0.733. The molecule has 0 aromatic heterocycles. The smallest absolute Gasteiger partial charge is 0.0441 e. The lowest BCUT2D eigenvalue weighted by Gasteiger charge is -2.05. The SMILES string of the molecule is CCCC[C@@H](S)CCO. The fourth-order valence-corrected chi connectivity index (χ4v) is 1.03. The number of thiol groups is 1. The molecule has 0 aliphatic rings. The van der Waals surface area contributed by atoms with Gasteiger partial charge in [-0.25, -0.2) is 0 Å². The molecule has 0 bridgehead atoms. The molecule has 0 unspecified atom stereocenters. The zero-order valence-corrected chi connectivity index (χ0v) is 6.90. The first kappa shape index (κ1) is 9.31. The van der Waals surface area contributed by atoms with Crippen molar-refractivity contribution < 1.29 is 5.11 Å². The van der Waals surface area contributed by atoms with Crippen molar-refractivity contribution in [1.82, 2.24) is 0 Å². The van der Waals surface area contributed by atoms with Crippen LogP contribution < -0.4 is 0 Å². The first-order chi connectivity index (χ1) is 4.31. The normalized spacial score (nSPS) is 13.7. The van der Waals surface area contributed by atoms with Crippen LogP contribution in [0.3, 0.4) is 0 Å². The zero-order chi connectivity index (χ0) is 7.11. The van der Waals surface area contributed by atoms with Crippen molar-refractivity contribution in [2.45, 2.75) is 37.9 Å². The zero-order valence-electron chi connectivity index (χ0n) is 6.01. The summed E-state index contributed by atoms with van der Waals surface area (Å²) in [5.41, 5.74) is 0. The Bertz CT molecular complexity index is 56.9. The molecule has 56 valence electrons. The third-order valence-corrected chi connectivity index (χ3v) is 1.87. The summed E-state index contributed by atoms with van der Waals surface area (Å²) in [6.07, 6.45) is 4.43. The molecule has 0 heterocycles. The fraction of sp³-hybridized carbons (Fsp3) is 1.00. The lowest BCUT2D eigenvalue weighted by atomic mass is 10.1. The average molecular weight is 148 g/mol. The molecule has 0 aromatic carbocycles. The van der Waals surface area contributed by atoms with E-state index in [2.05, 4.69) is 19.6 Å². The van der Waals surface area contributed by atoms with Crippen LogP contribution in [0.5, 0.6) is 0 Å². The van der Waals surface area contributed by atoms with Gasteiger partial charge < -0.3 is 5.11 Å². The average Bonchev–Trinajstić information content (AvgIpc) is 1.85. The molecule has 1 N–H and O–H groups in total. The topological polar surface area (TPSA) is 20.2 Å². The predicted molar refractivity (Wildman–Crippen MR) is 44.0 cm³/mol. The molecular weight excluding hydrogens is 132 g/mol. The Labute approximate surface area is 62.9 Å². The van der Waals surface area contributed by atoms with Gasteiger partial charge in [0, 0.05) is 11.9 Å². The van der Waals surface area contributed by atoms with Gasteiger partial charge in [0.15, 0.2) is 0 Å². The Kier molecular flexibility index (Phi) is 6.65. The number of rotatable bonds is 5. The van der Waals surface area contributed by atoms with Gasteiger partial charge in [0.25, 0.3) is 0 Å². The predicted octanol–water partition coefficient (Wildman–Crippen LogP) is 1.86. The van der Waals surface area contributed by atoms with E-state index < -0.39 is 0 Å². The maximum absolute atomic E-state index is 8.49. The molecule has 0 spiro atoms. The second-order valence-corrected chi connectivity index (χ2v) is 3.04. The first-order valence-electron chi connectivity index (χ1n) is 3.60. The minimum atomic E-state index is 0.276. The van der Waals surface area contributed by atoms with Crippen LogP contribution in [0.2, 0.25) is 0 Å². The van der Waals surface area contributed by atoms with Crippen LogP contribution in [-0.4, -0.2) is 17.0 Å². The molecule has 0 amide bonds. The third-order valence-electron chi connectivity index (χ3n) is 1.35. The monoisotopic (exact) mass is 148 g/mol. The maximum Gasteiger partial charge on any atom is 0.0441 e. The van der Waals surface area contributed by atoms with Gasteiger partial charge in [0.1, 0.15) is 0 Å². The summed E-state index contributed by atoms with van der Waals surface area (Å²) in [5, 5.41) is 8.90. The number of aliphatic hydroxyl groups is 1. The molecule has 1 atom stereocenters. The van der Waals surface area contributed by atoms with E-state index in [0.717, 1.165) is 12.8 Å². The van der Waals surface area contributed by atoms with E-state index in [0.29, 0.717) is 5.25 Å². The number of hydrogen-bond acceptors (Lipinski definition) is 2. The maximum atomic E-state index is 8.49. The molecule has 0 aliphatic carbocycles. The minimum absolute atomic E-state index is 0.276. The summed E-state index contributed by atoms with van der Waals surface area (Å²) in [4.78, 5) is 0. The van der Waals surface area contributed by atoms with Crippen LogP contribution >= 0.6 is 12.6 Å². The number of aliphatic hydroxyl groups excluding tert-OH is 1. The van der Waals surface area contributed by atoms with E-state index in [1.165, 1.54) is 12.8 Å². The van der Waals surface area contributed by atoms with E-state index >= 15 is 0 Å². The van der Waals surface area contributed by atoms with Crippen molar-refractivity contribution >= 4 is 12.6 Å². The van der Waals surface area contributed by atoms with Crippen molar-refractivity contribution in [3.05, 3.63) is 0 Å². The summed E-state index contributed by atoms with van der Waals surface area (Å²) >= 11 is 4.28. The van der Waals surface area contributed by atoms with Crippen LogP contribution in [0.25, 0.3) is 0 Å². The van der Waals surface area contributed by atoms with Gasteiger partial charge in [0.2, 0.25) is 0 Å². The third kappa shape index (κ3) is 6.19. The molecule has 0 fully saturated rings. The van der Waals surface area contributed by atoms with E-state index in [1.54, 1.807) is 0 Å². The lowest BCUT2D eigenvalue weighted by Crippen LogP contribution is -2.00. The van der Waals surface area contributed by atoms with E-state index in [-0.39, 0.29) is 6.61 Å². The second-order valence-electron chi connectivity index (χ2n) is 2.31. The van der Waals surface area contributed by atoms with E-state index in [9.17, 15) is 0 Å². The van der Waals surface area contributed by atoms with Gasteiger partial charge in [-0.05, 0) is 12.8 Å². The van der Waals surface area contributed by atoms with Gasteiger partial charge in [-0.1, -0.05) is 19.8 Å². The van der Waals surface area contributed by atoms with Crippen molar-refractivity contribution in [1.29, 1.82) is 0 Å². The number of unbranched alkanes of at least 4 members (excludes halogenated alkanes) is 1. The Morgan fingerprint density at radius 2 is 2.11 bits per heavy atom. The van der Waals surface area contributed by atoms with Gasteiger partial charge in [-0.2, -0.15) is 12.6 Å². The number of hydrogen-bond donors (Lipinski definition) is 2. The van der Waals surface area contributed by atoms with E-state index in [4.69, 9.17) is 5.11 Å². The summed E-state index contributed by atoms with van der Waals surface area (Å²) in [5.74, 6) is 0. The van der Waals surface area contributed by atoms with Crippen molar-refractivity contribution in [2.24, 2.45) is 0 Å². The standard InChI is InChI=1S/C7H16OS/c1-2-3-4-7(9)5-6-8/h7-9H,2-6H2,1H3/t7-/m1/s1. The molecule has 9 heavy (non-hydrogen) atoms. The quantitative estimate of drug-likeness (QED) is 0.570. The van der Waals surface area contributed by atoms with Gasteiger partial charge >= 0.3 is 0 Å². The molecule has 0 saturated carbocycles. The molecule has 1 nitrogen and oxygen atoms in total. The van der Waals surface area contributed by atoms with Crippen LogP contribution in [0.15, 0.2) is 0 Å². The molecule has 2 heteroatoms. The molecule has 0 radical (unpaired) electrons. The van der Waals surface area contributed by atoms with Crippen molar-refractivity contribution in [3.63, 3.8) is 0 Å². The van der Waals surface area contributed by atoms with Crippen LogP contribution in [0, 0.1) is 0 Å². The van der Waals surface area contributed by atoms with Crippen molar-refractivity contribution in [3.8, 4) is 0 Å². The van der Waals surface area contributed by atoms with Crippen LogP contribution in [-0.2, 0) is 0 Å². The molecular formula is C7H16OS. The highest BCUT2D eigenvalue weighted by atomic mass is 32.1. The van der Waals surface area contributed by atoms with Gasteiger partial charge in [0.05, 0.1) is 0 Å².